The fourth-order valence-electron chi connectivity index (χ4n) is 6.17. The highest BCUT2D eigenvalue weighted by atomic mass is 16.7. The molecular weight excluding hydrogens is 660 g/mol. The first-order chi connectivity index (χ1) is 25.4. The quantitative estimate of drug-likeness (QED) is 0.0286. The maximum absolute atomic E-state index is 12.7. The first kappa shape index (κ1) is 48.4. The van der Waals surface area contributed by atoms with E-state index in [4.69, 9.17) is 18.9 Å². The van der Waals surface area contributed by atoms with E-state index in [1.54, 1.807) is 0 Å². The molecule has 0 saturated carbocycles. The van der Waals surface area contributed by atoms with Gasteiger partial charge < -0.3 is 39.4 Å². The summed E-state index contributed by atoms with van der Waals surface area (Å²) in [5.74, 6) is -0.327. The molecule has 304 valence electrons. The van der Waals surface area contributed by atoms with E-state index in [1.807, 2.05) is 0 Å². The van der Waals surface area contributed by atoms with Crippen LogP contribution in [-0.4, -0.2) is 89.6 Å². The number of allylic oxidation sites excluding steroid dienone is 6. The molecule has 0 amide bonds. The molecule has 1 fully saturated rings. The monoisotopic (exact) mass is 739 g/mol. The average molecular weight is 739 g/mol. The number of rotatable bonds is 35. The number of aliphatic hydroxyl groups is 4. The zero-order chi connectivity index (χ0) is 37.9. The van der Waals surface area contributed by atoms with Gasteiger partial charge in [-0.2, -0.15) is 0 Å². The minimum atomic E-state index is -1.54. The van der Waals surface area contributed by atoms with Crippen LogP contribution in [-0.2, 0) is 23.7 Å². The summed E-state index contributed by atoms with van der Waals surface area (Å²) in [6, 6.07) is 0. The summed E-state index contributed by atoms with van der Waals surface area (Å²) in [6.07, 6.45) is 33.1. The molecule has 0 aromatic heterocycles. The largest absolute Gasteiger partial charge is 0.457 e. The van der Waals surface area contributed by atoms with Crippen LogP contribution in [0.2, 0.25) is 0 Å². The second-order valence-electron chi connectivity index (χ2n) is 14.4. The Labute approximate surface area is 317 Å². The van der Waals surface area contributed by atoms with Crippen molar-refractivity contribution in [3.05, 3.63) is 36.5 Å². The highest BCUT2D eigenvalue weighted by Gasteiger charge is 2.44. The van der Waals surface area contributed by atoms with Crippen molar-refractivity contribution in [2.24, 2.45) is 0 Å². The van der Waals surface area contributed by atoms with E-state index < -0.39 is 43.4 Å². The molecule has 1 rings (SSSR count). The lowest BCUT2D eigenvalue weighted by molar-refractivity contribution is -0.305. The van der Waals surface area contributed by atoms with Crippen molar-refractivity contribution in [2.45, 2.75) is 205 Å². The van der Waals surface area contributed by atoms with Crippen LogP contribution >= 0.6 is 0 Å². The Hall–Kier alpha value is -1.59. The fourth-order valence-corrected chi connectivity index (χ4v) is 6.17. The highest BCUT2D eigenvalue weighted by molar-refractivity contribution is 5.69. The number of carbonyl (C=O) groups excluding carboxylic acids is 1. The molecule has 0 bridgehead atoms. The Kier molecular flexibility index (Phi) is 32.7. The van der Waals surface area contributed by atoms with Crippen LogP contribution in [0.1, 0.15) is 168 Å². The number of hydrogen-bond donors (Lipinski definition) is 4. The van der Waals surface area contributed by atoms with Crippen molar-refractivity contribution in [3.63, 3.8) is 0 Å². The van der Waals surface area contributed by atoms with Gasteiger partial charge in [0.05, 0.1) is 19.8 Å². The lowest BCUT2D eigenvalue weighted by Crippen LogP contribution is -2.59. The molecule has 0 aromatic carbocycles. The standard InChI is InChI=1S/C43H78O9/c1-3-5-7-9-11-13-15-17-19-20-22-24-26-28-30-32-39(45)51-37(36-50-43-42(48)41(47)40(46)38(34-44)52-43)35-49-33-31-29-27-25-23-21-18-16-14-12-10-8-6-4-2/h8,10,14,16-17,19,37-38,40-44,46-48H,3-7,9,11-13,15,18,20-36H2,1-2H3/b10-8-,16-14-,19-17-. The van der Waals surface area contributed by atoms with Crippen molar-refractivity contribution >= 4 is 5.97 Å². The molecule has 0 aromatic rings. The third kappa shape index (κ3) is 26.2. The van der Waals surface area contributed by atoms with E-state index >= 15 is 0 Å². The van der Waals surface area contributed by atoms with Gasteiger partial charge in [0.15, 0.2) is 6.29 Å². The molecule has 1 heterocycles. The van der Waals surface area contributed by atoms with Crippen LogP contribution in [0.3, 0.4) is 0 Å². The Morgan fingerprint density at radius 3 is 1.75 bits per heavy atom. The maximum Gasteiger partial charge on any atom is 0.306 e. The first-order valence-electron chi connectivity index (χ1n) is 21.1. The average Bonchev–Trinajstić information content (AvgIpc) is 3.14. The number of esters is 1. The van der Waals surface area contributed by atoms with Crippen molar-refractivity contribution in [1.29, 1.82) is 0 Å². The third-order valence-corrected chi connectivity index (χ3v) is 9.51. The third-order valence-electron chi connectivity index (χ3n) is 9.51. The van der Waals surface area contributed by atoms with Gasteiger partial charge in [0.2, 0.25) is 0 Å². The van der Waals surface area contributed by atoms with E-state index in [2.05, 4.69) is 50.3 Å². The van der Waals surface area contributed by atoms with Crippen LogP contribution in [0.5, 0.6) is 0 Å². The fraction of sp³-hybridized carbons (Fsp3) is 0.837. The van der Waals surface area contributed by atoms with Gasteiger partial charge in [0.1, 0.15) is 30.5 Å². The zero-order valence-electron chi connectivity index (χ0n) is 33.1. The molecule has 9 heteroatoms. The van der Waals surface area contributed by atoms with Gasteiger partial charge in [-0.15, -0.1) is 0 Å². The number of unbranched alkanes of at least 4 members (excludes halogenated alkanes) is 18. The summed E-state index contributed by atoms with van der Waals surface area (Å²) in [7, 11) is 0. The van der Waals surface area contributed by atoms with Crippen molar-refractivity contribution < 1.29 is 44.2 Å². The first-order valence-corrected chi connectivity index (χ1v) is 21.1. The van der Waals surface area contributed by atoms with E-state index in [0.717, 1.165) is 70.6 Å². The normalized spacial score (nSPS) is 21.5. The number of ether oxygens (including phenoxy) is 4. The van der Waals surface area contributed by atoms with E-state index in [0.29, 0.717) is 13.0 Å². The van der Waals surface area contributed by atoms with Gasteiger partial charge in [-0.1, -0.05) is 134 Å². The lowest BCUT2D eigenvalue weighted by Gasteiger charge is -2.39. The Morgan fingerprint density at radius 2 is 1.15 bits per heavy atom. The van der Waals surface area contributed by atoms with Gasteiger partial charge in [-0.25, -0.2) is 0 Å². The molecular formula is C43H78O9. The van der Waals surface area contributed by atoms with Gasteiger partial charge in [0, 0.05) is 13.0 Å². The molecule has 1 aliphatic heterocycles. The molecule has 0 spiro atoms. The van der Waals surface area contributed by atoms with Crippen molar-refractivity contribution in [1.82, 2.24) is 0 Å². The summed E-state index contributed by atoms with van der Waals surface area (Å²) >= 11 is 0. The van der Waals surface area contributed by atoms with Crippen molar-refractivity contribution in [3.8, 4) is 0 Å². The molecule has 6 unspecified atom stereocenters. The van der Waals surface area contributed by atoms with Gasteiger partial charge in [0.25, 0.3) is 0 Å². The lowest BCUT2D eigenvalue weighted by atomic mass is 9.99. The number of carbonyl (C=O) groups is 1. The van der Waals surface area contributed by atoms with E-state index in [-0.39, 0.29) is 19.2 Å². The highest BCUT2D eigenvalue weighted by Crippen LogP contribution is 2.22. The van der Waals surface area contributed by atoms with Gasteiger partial charge >= 0.3 is 5.97 Å². The second-order valence-corrected chi connectivity index (χ2v) is 14.4. The van der Waals surface area contributed by atoms with E-state index in [9.17, 15) is 25.2 Å². The second kappa shape index (κ2) is 35.1. The van der Waals surface area contributed by atoms with Crippen LogP contribution in [0.25, 0.3) is 0 Å². The Morgan fingerprint density at radius 1 is 0.615 bits per heavy atom. The van der Waals surface area contributed by atoms with E-state index in [1.165, 1.54) is 77.0 Å². The molecule has 1 aliphatic rings. The van der Waals surface area contributed by atoms with Crippen LogP contribution in [0, 0.1) is 0 Å². The van der Waals surface area contributed by atoms with Crippen LogP contribution < -0.4 is 0 Å². The summed E-state index contributed by atoms with van der Waals surface area (Å²) in [4.78, 5) is 12.7. The summed E-state index contributed by atoms with van der Waals surface area (Å²) in [5, 5.41) is 40.0. The minimum absolute atomic E-state index is 0.121. The number of hydrogen-bond acceptors (Lipinski definition) is 9. The number of aliphatic hydroxyl groups excluding tert-OH is 4. The molecule has 0 radical (unpaired) electrons. The summed E-state index contributed by atoms with van der Waals surface area (Å²) < 4.78 is 22.7. The zero-order valence-corrected chi connectivity index (χ0v) is 33.1. The maximum atomic E-state index is 12.7. The van der Waals surface area contributed by atoms with Crippen LogP contribution in [0.15, 0.2) is 36.5 Å². The van der Waals surface area contributed by atoms with Crippen LogP contribution in [0.4, 0.5) is 0 Å². The topological polar surface area (TPSA) is 135 Å². The smallest absolute Gasteiger partial charge is 0.306 e. The molecule has 0 aliphatic carbocycles. The minimum Gasteiger partial charge on any atom is -0.457 e. The molecule has 9 nitrogen and oxygen atoms in total. The Bertz CT molecular complexity index is 890. The molecule has 52 heavy (non-hydrogen) atoms. The predicted molar refractivity (Wildman–Crippen MR) is 210 cm³/mol. The molecule has 1 saturated heterocycles. The van der Waals surface area contributed by atoms with Crippen molar-refractivity contribution in [2.75, 3.05) is 26.4 Å². The summed E-state index contributed by atoms with van der Waals surface area (Å²) in [5.41, 5.74) is 0. The summed E-state index contributed by atoms with van der Waals surface area (Å²) in [6.45, 7) is 4.45. The van der Waals surface area contributed by atoms with Gasteiger partial charge in [-0.3, -0.25) is 4.79 Å². The predicted octanol–water partition coefficient (Wildman–Crippen LogP) is 8.80. The molecule has 4 N–H and O–H groups in total. The molecule has 6 atom stereocenters. The Balaban J connectivity index is 2.31. The van der Waals surface area contributed by atoms with Gasteiger partial charge in [-0.05, 0) is 64.2 Å². The SMILES string of the molecule is CCC/C=C\C/C=C\CCCCCCCCOCC(COC1OC(CO)C(O)C(O)C1O)OC(=O)CCCCCCC/C=C\CCCCCCCC.